The van der Waals surface area contributed by atoms with E-state index in [2.05, 4.69) is 5.32 Å². The number of carbonyl (C=O) groups excluding carboxylic acids is 2. The van der Waals surface area contributed by atoms with E-state index in [1.165, 1.54) is 0 Å². The molecule has 1 aliphatic heterocycles. The van der Waals surface area contributed by atoms with Crippen LogP contribution in [-0.2, 0) is 9.59 Å². The minimum Gasteiger partial charge on any atom is -0.353 e. The van der Waals surface area contributed by atoms with E-state index in [9.17, 15) is 9.59 Å². The fourth-order valence-corrected chi connectivity index (χ4v) is 1.38. The topological polar surface area (TPSA) is 49.4 Å². The quantitative estimate of drug-likeness (QED) is 0.660. The first kappa shape index (κ1) is 10.2. The van der Waals surface area contributed by atoms with Gasteiger partial charge >= 0.3 is 0 Å². The molecule has 0 aliphatic carbocycles. The molecule has 0 spiro atoms. The van der Waals surface area contributed by atoms with Crippen LogP contribution in [0.3, 0.4) is 0 Å². The maximum Gasteiger partial charge on any atom is 0.237 e. The summed E-state index contributed by atoms with van der Waals surface area (Å²) in [6.45, 7) is 5.51. The smallest absolute Gasteiger partial charge is 0.237 e. The van der Waals surface area contributed by atoms with E-state index < -0.39 is 0 Å². The van der Waals surface area contributed by atoms with Crippen molar-refractivity contribution in [3.05, 3.63) is 0 Å². The van der Waals surface area contributed by atoms with Gasteiger partial charge in [-0.25, -0.2) is 0 Å². The second kappa shape index (κ2) is 4.37. The number of carbonyl (C=O) groups is 2. The van der Waals surface area contributed by atoms with E-state index in [0.29, 0.717) is 19.5 Å². The van der Waals surface area contributed by atoms with Gasteiger partial charge in [-0.3, -0.25) is 14.5 Å². The predicted molar refractivity (Wildman–Crippen MR) is 49.3 cm³/mol. The molecule has 74 valence electrons. The van der Waals surface area contributed by atoms with Crippen LogP contribution in [0.25, 0.3) is 0 Å². The van der Waals surface area contributed by atoms with Gasteiger partial charge in [0.1, 0.15) is 5.78 Å². The zero-order valence-electron chi connectivity index (χ0n) is 8.17. The van der Waals surface area contributed by atoms with Crippen molar-refractivity contribution in [2.24, 2.45) is 0 Å². The van der Waals surface area contributed by atoms with Gasteiger partial charge in [-0.2, -0.15) is 0 Å². The van der Waals surface area contributed by atoms with Crippen molar-refractivity contribution in [2.45, 2.75) is 26.3 Å². The predicted octanol–water partition coefficient (Wildman–Crippen LogP) is -0.214. The van der Waals surface area contributed by atoms with Gasteiger partial charge in [0, 0.05) is 19.5 Å². The van der Waals surface area contributed by atoms with E-state index in [1.807, 2.05) is 18.7 Å². The Labute approximate surface area is 78.3 Å². The molecule has 13 heavy (non-hydrogen) atoms. The zero-order valence-corrected chi connectivity index (χ0v) is 8.17. The van der Waals surface area contributed by atoms with Gasteiger partial charge in [0.2, 0.25) is 5.91 Å². The third-order valence-corrected chi connectivity index (χ3v) is 2.40. The summed E-state index contributed by atoms with van der Waals surface area (Å²) in [6.07, 6.45) is 0.546. The summed E-state index contributed by atoms with van der Waals surface area (Å²) >= 11 is 0. The summed E-state index contributed by atoms with van der Waals surface area (Å²) in [5, 5.41) is 2.76. The summed E-state index contributed by atoms with van der Waals surface area (Å²) in [5.74, 6) is 0.219. The number of piperazine rings is 1. The van der Waals surface area contributed by atoms with Gasteiger partial charge in [0.05, 0.1) is 12.6 Å². The molecule has 0 aromatic carbocycles. The molecule has 1 amide bonds. The second-order valence-electron chi connectivity index (χ2n) is 3.33. The molecule has 4 heteroatoms. The monoisotopic (exact) mass is 184 g/mol. The minimum atomic E-state index is -0.163. The molecule has 0 radical (unpaired) electrons. The van der Waals surface area contributed by atoms with Crippen molar-refractivity contribution < 1.29 is 9.59 Å². The van der Waals surface area contributed by atoms with E-state index in [-0.39, 0.29) is 17.7 Å². The molecule has 1 atom stereocenters. The van der Waals surface area contributed by atoms with Crippen molar-refractivity contribution in [3.63, 3.8) is 0 Å². The average Bonchev–Trinajstić information content (AvgIpc) is 2.13. The Hall–Kier alpha value is -0.900. The molecule has 1 fully saturated rings. The molecule has 0 bridgehead atoms. The first-order valence-electron chi connectivity index (χ1n) is 4.68. The third-order valence-electron chi connectivity index (χ3n) is 2.40. The van der Waals surface area contributed by atoms with Gasteiger partial charge in [0.15, 0.2) is 0 Å². The Bertz CT molecular complexity index is 216. The van der Waals surface area contributed by atoms with Crippen molar-refractivity contribution in [2.75, 3.05) is 19.6 Å². The highest BCUT2D eigenvalue weighted by atomic mass is 16.2. The molecule has 0 saturated carbocycles. The normalized spacial score (nSPS) is 24.2. The zero-order chi connectivity index (χ0) is 9.84. The first-order chi connectivity index (χ1) is 6.15. The van der Waals surface area contributed by atoms with Gasteiger partial charge in [-0.15, -0.1) is 0 Å². The molecular formula is C9H16N2O2. The van der Waals surface area contributed by atoms with Crippen molar-refractivity contribution in [1.29, 1.82) is 0 Å². The van der Waals surface area contributed by atoms with Crippen LogP contribution in [0.1, 0.15) is 20.3 Å². The molecule has 1 rings (SSSR count). The van der Waals surface area contributed by atoms with Crippen LogP contribution < -0.4 is 5.32 Å². The molecule has 1 heterocycles. The highest BCUT2D eigenvalue weighted by Gasteiger charge is 2.25. The van der Waals surface area contributed by atoms with Crippen LogP contribution in [0, 0.1) is 0 Å². The van der Waals surface area contributed by atoms with Crippen LogP contribution in [0.5, 0.6) is 0 Å². The minimum absolute atomic E-state index is 0.0233. The van der Waals surface area contributed by atoms with Gasteiger partial charge in [-0.1, -0.05) is 6.92 Å². The van der Waals surface area contributed by atoms with Crippen LogP contribution in [0.4, 0.5) is 0 Å². The molecule has 1 aliphatic rings. The van der Waals surface area contributed by atoms with E-state index in [4.69, 9.17) is 0 Å². The molecule has 0 aromatic rings. The lowest BCUT2D eigenvalue weighted by molar-refractivity contribution is -0.130. The highest BCUT2D eigenvalue weighted by molar-refractivity contribution is 5.84. The summed E-state index contributed by atoms with van der Waals surface area (Å²) in [7, 11) is 0. The Morgan fingerprint density at radius 2 is 2.38 bits per heavy atom. The maximum atomic E-state index is 11.2. The fourth-order valence-electron chi connectivity index (χ4n) is 1.38. The number of ketones is 1. The van der Waals surface area contributed by atoms with Gasteiger partial charge in [-0.05, 0) is 6.92 Å². The number of amides is 1. The lowest BCUT2D eigenvalue weighted by Gasteiger charge is -2.31. The number of rotatable bonds is 3. The lowest BCUT2D eigenvalue weighted by atomic mass is 10.2. The largest absolute Gasteiger partial charge is 0.353 e. The summed E-state index contributed by atoms with van der Waals surface area (Å²) in [6, 6.07) is -0.163. The van der Waals surface area contributed by atoms with Gasteiger partial charge < -0.3 is 5.32 Å². The second-order valence-corrected chi connectivity index (χ2v) is 3.33. The standard InChI is InChI=1S/C9H16N2O2/c1-3-8(12)6-11-5-4-10-9(13)7(11)2/h7H,3-6H2,1-2H3,(H,10,13). The number of nitrogens with one attached hydrogen (secondary N) is 1. The van der Waals surface area contributed by atoms with Gasteiger partial charge in [0.25, 0.3) is 0 Å². The third kappa shape index (κ3) is 2.52. The van der Waals surface area contributed by atoms with E-state index >= 15 is 0 Å². The molecule has 4 nitrogen and oxygen atoms in total. The summed E-state index contributed by atoms with van der Waals surface area (Å²) in [5.41, 5.74) is 0. The molecule has 1 N–H and O–H groups in total. The molecular weight excluding hydrogens is 168 g/mol. The van der Waals surface area contributed by atoms with Crippen LogP contribution in [0.2, 0.25) is 0 Å². The van der Waals surface area contributed by atoms with Crippen molar-refractivity contribution in [1.82, 2.24) is 10.2 Å². The number of Topliss-reactive ketones (excluding diaryl/α,β-unsaturated/α-hetero) is 1. The first-order valence-corrected chi connectivity index (χ1v) is 4.68. The van der Waals surface area contributed by atoms with Crippen LogP contribution >= 0.6 is 0 Å². The average molecular weight is 184 g/mol. The van der Waals surface area contributed by atoms with Crippen molar-refractivity contribution >= 4 is 11.7 Å². The Morgan fingerprint density at radius 1 is 1.69 bits per heavy atom. The molecule has 0 aromatic heterocycles. The molecule has 1 unspecified atom stereocenters. The number of hydrogen-bond donors (Lipinski definition) is 1. The molecule has 1 saturated heterocycles. The SMILES string of the molecule is CCC(=O)CN1CCNC(=O)C1C. The lowest BCUT2D eigenvalue weighted by Crippen LogP contribution is -2.54. The maximum absolute atomic E-state index is 11.2. The van der Waals surface area contributed by atoms with Crippen molar-refractivity contribution in [3.8, 4) is 0 Å². The number of nitrogens with zero attached hydrogens (tertiary/aromatic N) is 1. The summed E-state index contributed by atoms with van der Waals surface area (Å²) < 4.78 is 0. The van der Waals surface area contributed by atoms with E-state index in [1.54, 1.807) is 0 Å². The Balaban J connectivity index is 2.48. The Kier molecular flexibility index (Phi) is 3.42. The van der Waals surface area contributed by atoms with E-state index in [0.717, 1.165) is 6.54 Å². The fraction of sp³-hybridized carbons (Fsp3) is 0.778. The summed E-state index contributed by atoms with van der Waals surface area (Å²) in [4.78, 5) is 24.3. The highest BCUT2D eigenvalue weighted by Crippen LogP contribution is 2.03. The Morgan fingerprint density at radius 3 is 3.00 bits per heavy atom. The number of hydrogen-bond acceptors (Lipinski definition) is 3. The van der Waals surface area contributed by atoms with Crippen LogP contribution in [0.15, 0.2) is 0 Å². The van der Waals surface area contributed by atoms with Crippen LogP contribution in [-0.4, -0.2) is 42.3 Å².